The van der Waals surface area contributed by atoms with Crippen molar-refractivity contribution in [1.29, 1.82) is 0 Å². The molecule has 0 bridgehead atoms. The van der Waals surface area contributed by atoms with Crippen molar-refractivity contribution in [1.82, 2.24) is 10.5 Å². The van der Waals surface area contributed by atoms with Gasteiger partial charge in [0.2, 0.25) is 0 Å². The van der Waals surface area contributed by atoms with Crippen molar-refractivity contribution in [3.63, 3.8) is 0 Å². The zero-order valence-corrected chi connectivity index (χ0v) is 15.9. The van der Waals surface area contributed by atoms with Gasteiger partial charge in [-0.3, -0.25) is 0 Å². The monoisotopic (exact) mass is 323 g/mol. The Bertz CT molecular complexity index is 270. The van der Waals surface area contributed by atoms with Gasteiger partial charge in [0.1, 0.15) is 0 Å². The first-order chi connectivity index (χ1) is 11.4. The Kier molecular flexibility index (Phi) is 13.3. The van der Waals surface area contributed by atoms with Gasteiger partial charge in [-0.25, -0.2) is 5.53 Å². The highest BCUT2D eigenvalue weighted by molar-refractivity contribution is 5.60. The number of hydrazine groups is 1. The van der Waals surface area contributed by atoms with E-state index in [2.05, 4.69) is 29.5 Å². The van der Waals surface area contributed by atoms with Crippen molar-refractivity contribution < 1.29 is 0 Å². The molecule has 3 heteroatoms. The second kappa shape index (κ2) is 15.0. The molecule has 0 spiro atoms. The van der Waals surface area contributed by atoms with E-state index in [0.29, 0.717) is 6.04 Å². The van der Waals surface area contributed by atoms with E-state index >= 15 is 0 Å². The minimum atomic E-state index is 0.658. The van der Waals surface area contributed by atoms with Crippen LogP contribution in [0.3, 0.4) is 0 Å². The minimum Gasteiger partial charge on any atom is -0.240 e. The van der Waals surface area contributed by atoms with Gasteiger partial charge in [0.05, 0.1) is 6.54 Å². The lowest BCUT2D eigenvalue weighted by atomic mass is 10.0. The molecule has 0 saturated heterocycles. The van der Waals surface area contributed by atoms with Gasteiger partial charge in [0.15, 0.2) is 0 Å². The molecular formula is C20H41N3. The first kappa shape index (κ1) is 20.5. The zero-order chi connectivity index (χ0) is 16.6. The summed E-state index contributed by atoms with van der Waals surface area (Å²) in [5.74, 6) is 0. The second-order valence-electron chi connectivity index (χ2n) is 7.16. The normalized spacial score (nSPS) is 15.9. The third-order valence-electron chi connectivity index (χ3n) is 5.11. The molecule has 0 fully saturated rings. The van der Waals surface area contributed by atoms with Crippen LogP contribution in [-0.2, 0) is 0 Å². The van der Waals surface area contributed by atoms with Gasteiger partial charge in [0.25, 0.3) is 0 Å². The Balaban J connectivity index is 1.79. The number of hydrogen-bond donors (Lipinski definition) is 1. The molecule has 1 heterocycles. The van der Waals surface area contributed by atoms with E-state index in [4.69, 9.17) is 0 Å². The fourth-order valence-electron chi connectivity index (χ4n) is 3.49. The van der Waals surface area contributed by atoms with Gasteiger partial charge >= 0.3 is 0 Å². The Labute approximate surface area is 145 Å². The van der Waals surface area contributed by atoms with E-state index < -0.39 is 0 Å². The van der Waals surface area contributed by atoms with E-state index in [9.17, 15) is 0 Å². The third-order valence-corrected chi connectivity index (χ3v) is 5.11. The maximum Gasteiger partial charge on any atom is 0.0569 e. The van der Waals surface area contributed by atoms with Crippen molar-refractivity contribution >= 4 is 6.21 Å². The molecule has 1 atom stereocenters. The second-order valence-corrected chi connectivity index (χ2v) is 7.16. The predicted octanol–water partition coefficient (Wildman–Crippen LogP) is 6.05. The predicted molar refractivity (Wildman–Crippen MR) is 103 cm³/mol. The van der Waals surface area contributed by atoms with Crippen LogP contribution in [0.2, 0.25) is 0 Å². The van der Waals surface area contributed by atoms with E-state index in [1.807, 2.05) is 6.21 Å². The molecule has 1 unspecified atom stereocenters. The third kappa shape index (κ3) is 10.8. The zero-order valence-electron chi connectivity index (χ0n) is 15.9. The largest absolute Gasteiger partial charge is 0.240 e. The molecule has 1 rings (SSSR count). The maximum atomic E-state index is 4.10. The van der Waals surface area contributed by atoms with Crippen LogP contribution in [0.1, 0.15) is 110 Å². The lowest BCUT2D eigenvalue weighted by Gasteiger charge is -2.25. The molecule has 136 valence electrons. The van der Waals surface area contributed by atoms with Gasteiger partial charge in [-0.05, 0) is 12.8 Å². The van der Waals surface area contributed by atoms with Gasteiger partial charge in [-0.2, -0.15) is 10.1 Å². The van der Waals surface area contributed by atoms with Gasteiger partial charge in [0, 0.05) is 12.3 Å². The van der Waals surface area contributed by atoms with Crippen LogP contribution in [0, 0.1) is 0 Å². The molecule has 0 aromatic carbocycles. The van der Waals surface area contributed by atoms with Crippen molar-refractivity contribution in [3.05, 3.63) is 0 Å². The summed E-state index contributed by atoms with van der Waals surface area (Å²) < 4.78 is 0. The molecule has 1 aliphatic heterocycles. The lowest BCUT2D eigenvalue weighted by Crippen LogP contribution is -2.39. The summed E-state index contributed by atoms with van der Waals surface area (Å²) in [6, 6.07) is 0.658. The SMILES string of the molecule is CCCCCCCCCCCCCCCC(CC)N1CC=NN1. The molecule has 0 aromatic heterocycles. The Morgan fingerprint density at radius 1 is 0.826 bits per heavy atom. The average Bonchev–Trinajstić information content (AvgIpc) is 3.09. The van der Waals surface area contributed by atoms with Crippen LogP contribution >= 0.6 is 0 Å². The topological polar surface area (TPSA) is 27.6 Å². The Morgan fingerprint density at radius 3 is 1.78 bits per heavy atom. The van der Waals surface area contributed by atoms with Gasteiger partial charge < -0.3 is 0 Å². The summed E-state index contributed by atoms with van der Waals surface area (Å²) in [7, 11) is 0. The van der Waals surface area contributed by atoms with E-state index in [1.165, 1.54) is 96.3 Å². The van der Waals surface area contributed by atoms with Gasteiger partial charge in [-0.1, -0.05) is 97.3 Å². The van der Waals surface area contributed by atoms with Crippen molar-refractivity contribution in [2.24, 2.45) is 5.10 Å². The highest BCUT2D eigenvalue weighted by atomic mass is 15.7. The molecule has 0 aliphatic carbocycles. The average molecular weight is 324 g/mol. The number of hydrazone groups is 1. The van der Waals surface area contributed by atoms with Crippen LogP contribution in [-0.4, -0.2) is 23.8 Å². The number of nitrogens with one attached hydrogen (secondary N) is 1. The number of nitrogens with zero attached hydrogens (tertiary/aromatic N) is 2. The summed E-state index contributed by atoms with van der Waals surface area (Å²) in [5, 5.41) is 6.38. The quantitative estimate of drug-likeness (QED) is 0.350. The van der Waals surface area contributed by atoms with E-state index in [0.717, 1.165) is 6.54 Å². The molecule has 3 nitrogen and oxygen atoms in total. The van der Waals surface area contributed by atoms with Crippen molar-refractivity contribution in [3.8, 4) is 0 Å². The molecule has 0 amide bonds. The molecule has 0 saturated carbocycles. The van der Waals surface area contributed by atoms with E-state index in [-0.39, 0.29) is 0 Å². The fourth-order valence-corrected chi connectivity index (χ4v) is 3.49. The molecule has 0 radical (unpaired) electrons. The Morgan fingerprint density at radius 2 is 1.35 bits per heavy atom. The van der Waals surface area contributed by atoms with E-state index in [1.54, 1.807) is 0 Å². The number of rotatable bonds is 16. The standard InChI is InChI=1S/C20H41N3/c1-3-5-6-7-8-9-10-11-12-13-14-15-16-17-20(4-2)23-19-18-21-22-23/h18,20,22H,3-17,19H2,1-2H3. The summed E-state index contributed by atoms with van der Waals surface area (Å²) >= 11 is 0. The Hall–Kier alpha value is -0.570. The molecular weight excluding hydrogens is 282 g/mol. The summed E-state index contributed by atoms with van der Waals surface area (Å²) in [5.41, 5.74) is 3.11. The lowest BCUT2D eigenvalue weighted by molar-refractivity contribution is 0.151. The first-order valence-electron chi connectivity index (χ1n) is 10.4. The van der Waals surface area contributed by atoms with Crippen LogP contribution in [0.5, 0.6) is 0 Å². The number of unbranched alkanes of at least 4 members (excludes halogenated alkanes) is 12. The summed E-state index contributed by atoms with van der Waals surface area (Å²) in [6.07, 6.45) is 23.1. The van der Waals surface area contributed by atoms with Crippen LogP contribution < -0.4 is 5.53 Å². The van der Waals surface area contributed by atoms with Crippen LogP contribution in [0.4, 0.5) is 0 Å². The van der Waals surface area contributed by atoms with Crippen molar-refractivity contribution in [2.45, 2.75) is 116 Å². The van der Waals surface area contributed by atoms with Crippen LogP contribution in [0.25, 0.3) is 0 Å². The maximum absolute atomic E-state index is 4.10. The highest BCUT2D eigenvalue weighted by Gasteiger charge is 2.17. The van der Waals surface area contributed by atoms with Crippen molar-refractivity contribution in [2.75, 3.05) is 6.54 Å². The smallest absolute Gasteiger partial charge is 0.0569 e. The minimum absolute atomic E-state index is 0.658. The van der Waals surface area contributed by atoms with Gasteiger partial charge in [-0.15, -0.1) is 0 Å². The molecule has 1 N–H and O–H groups in total. The molecule has 0 aromatic rings. The molecule has 1 aliphatic rings. The highest BCUT2D eigenvalue weighted by Crippen LogP contribution is 2.16. The fraction of sp³-hybridized carbons (Fsp3) is 0.950. The van der Waals surface area contributed by atoms with Crippen LogP contribution in [0.15, 0.2) is 5.10 Å². The summed E-state index contributed by atoms with van der Waals surface area (Å²) in [4.78, 5) is 0. The molecule has 23 heavy (non-hydrogen) atoms. The number of hydrogen-bond acceptors (Lipinski definition) is 3. The summed E-state index contributed by atoms with van der Waals surface area (Å²) in [6.45, 7) is 5.55. The first-order valence-corrected chi connectivity index (χ1v) is 10.4.